The Morgan fingerprint density at radius 2 is 1.50 bits per heavy atom. The minimum atomic E-state index is -4.15. The van der Waals surface area contributed by atoms with E-state index < -0.39 is 21.8 Å². The fraction of sp³-hybridized carbons (Fsp3) is 0.333. The molecular weight excluding hydrogens is 571 g/mol. The van der Waals surface area contributed by atoms with E-state index in [1.807, 2.05) is 36.4 Å². The summed E-state index contributed by atoms with van der Waals surface area (Å²) in [5, 5.41) is 6.60. The molecule has 0 aromatic heterocycles. The molecule has 0 aliphatic carbocycles. The van der Waals surface area contributed by atoms with Crippen molar-refractivity contribution in [3.63, 3.8) is 0 Å². The molecule has 3 N–H and O–H groups in total. The fourth-order valence-electron chi connectivity index (χ4n) is 4.12. The third kappa shape index (κ3) is 10.6. The number of benzene rings is 3. The zero-order valence-corrected chi connectivity index (χ0v) is 25.0. The van der Waals surface area contributed by atoms with E-state index in [0.29, 0.717) is 34.1 Å². The highest BCUT2D eigenvalue weighted by atomic mass is 35.5. The normalized spacial score (nSPS) is 12.6. The summed E-state index contributed by atoms with van der Waals surface area (Å²) < 4.78 is 30.5. The van der Waals surface area contributed by atoms with Gasteiger partial charge in [-0.25, -0.2) is 0 Å². The summed E-state index contributed by atoms with van der Waals surface area (Å²) in [6.07, 6.45) is 2.03. The highest BCUT2D eigenvalue weighted by Crippen LogP contribution is 2.29. The summed E-state index contributed by atoms with van der Waals surface area (Å²) >= 11 is 12.3. The average molecular weight is 606 g/mol. The highest BCUT2D eigenvalue weighted by Gasteiger charge is 2.23. The first kappa shape index (κ1) is 31.6. The Kier molecular flexibility index (Phi) is 10.8. The van der Waals surface area contributed by atoms with Crippen molar-refractivity contribution in [2.75, 3.05) is 17.6 Å². The molecule has 0 fully saturated rings. The zero-order valence-electron chi connectivity index (χ0n) is 22.7. The Morgan fingerprint density at radius 3 is 2.05 bits per heavy atom. The maximum Gasteiger partial charge on any atom is 0.266 e. The van der Waals surface area contributed by atoms with E-state index in [1.54, 1.807) is 30.3 Å². The van der Waals surface area contributed by atoms with Gasteiger partial charge in [-0.15, -0.1) is 0 Å². The van der Waals surface area contributed by atoms with Crippen LogP contribution in [0.4, 0.5) is 5.69 Å². The van der Waals surface area contributed by atoms with Crippen LogP contribution in [0.1, 0.15) is 49.5 Å². The van der Waals surface area contributed by atoms with E-state index in [0.717, 1.165) is 23.1 Å². The largest absolute Gasteiger partial charge is 0.351 e. The van der Waals surface area contributed by atoms with Crippen molar-refractivity contribution in [3.8, 4) is 11.1 Å². The lowest BCUT2D eigenvalue weighted by Gasteiger charge is -2.23. The molecule has 0 radical (unpaired) electrons. The molecule has 0 saturated heterocycles. The van der Waals surface area contributed by atoms with Crippen LogP contribution in [0.2, 0.25) is 10.0 Å². The van der Waals surface area contributed by atoms with Crippen LogP contribution in [-0.4, -0.2) is 37.1 Å². The molecule has 2 amide bonds. The molecule has 10 heteroatoms. The lowest BCUT2D eigenvalue weighted by atomic mass is 9.84. The minimum absolute atomic E-state index is 0.0579. The van der Waals surface area contributed by atoms with Gasteiger partial charge in [0.05, 0.1) is 5.75 Å². The van der Waals surface area contributed by atoms with Crippen molar-refractivity contribution in [2.24, 2.45) is 11.3 Å². The number of hydrogen-bond acceptors (Lipinski definition) is 4. The summed E-state index contributed by atoms with van der Waals surface area (Å²) in [5.74, 6) is -1.38. The van der Waals surface area contributed by atoms with Gasteiger partial charge in [-0.3, -0.25) is 14.1 Å². The van der Waals surface area contributed by atoms with Crippen LogP contribution < -0.4 is 10.6 Å². The summed E-state index contributed by atoms with van der Waals surface area (Å²) in [6.45, 7) is 6.22. The van der Waals surface area contributed by atoms with Crippen molar-refractivity contribution in [1.29, 1.82) is 0 Å². The Morgan fingerprint density at radius 1 is 0.900 bits per heavy atom. The Hall–Kier alpha value is -2.91. The molecule has 1 unspecified atom stereocenters. The Bertz CT molecular complexity index is 1410. The average Bonchev–Trinajstić information content (AvgIpc) is 2.85. The summed E-state index contributed by atoms with van der Waals surface area (Å²) in [4.78, 5) is 25.6. The summed E-state index contributed by atoms with van der Waals surface area (Å²) in [7, 11) is -4.15. The monoisotopic (exact) mass is 604 g/mol. The van der Waals surface area contributed by atoms with Crippen LogP contribution in [0.3, 0.4) is 0 Å². The predicted octanol–water partition coefficient (Wildman–Crippen LogP) is 6.90. The van der Waals surface area contributed by atoms with Crippen molar-refractivity contribution >= 4 is 50.8 Å². The molecule has 0 saturated carbocycles. The number of hydrogen-bond donors (Lipinski definition) is 3. The van der Waals surface area contributed by atoms with Gasteiger partial charge in [0.1, 0.15) is 0 Å². The van der Waals surface area contributed by atoms with Crippen LogP contribution in [0.25, 0.3) is 11.1 Å². The summed E-state index contributed by atoms with van der Waals surface area (Å²) in [6, 6.07) is 19.7. The van der Waals surface area contributed by atoms with Crippen molar-refractivity contribution in [2.45, 2.75) is 40.0 Å². The molecule has 3 aromatic carbocycles. The smallest absolute Gasteiger partial charge is 0.266 e. The van der Waals surface area contributed by atoms with E-state index in [-0.39, 0.29) is 23.8 Å². The van der Waals surface area contributed by atoms with Crippen LogP contribution in [0.15, 0.2) is 66.7 Å². The first-order chi connectivity index (χ1) is 18.7. The zero-order chi connectivity index (χ0) is 29.5. The first-order valence-electron chi connectivity index (χ1n) is 12.9. The van der Waals surface area contributed by atoms with Gasteiger partial charge in [-0.1, -0.05) is 68.2 Å². The fourth-order valence-corrected chi connectivity index (χ4v) is 5.00. The van der Waals surface area contributed by atoms with Gasteiger partial charge >= 0.3 is 0 Å². The second-order valence-corrected chi connectivity index (χ2v) is 13.4. The van der Waals surface area contributed by atoms with E-state index in [9.17, 15) is 18.0 Å². The molecule has 0 aliphatic rings. The number of rotatable bonds is 11. The molecule has 1 atom stereocenters. The van der Waals surface area contributed by atoms with E-state index >= 15 is 0 Å². The Labute approximate surface area is 246 Å². The molecule has 0 aliphatic heterocycles. The molecular formula is C30H34Cl2N2O5S. The van der Waals surface area contributed by atoms with E-state index in [1.165, 1.54) is 0 Å². The Balaban J connectivity index is 1.68. The molecule has 7 nitrogen and oxygen atoms in total. The SMILES string of the molecule is CC(C)(C)CCC(Cc1ccc(C(=O)NCCS(=O)(=O)O)cc1)C(=O)Nc1ccc(-c2cc(Cl)cc(Cl)c2)cc1. The van der Waals surface area contributed by atoms with Crippen LogP contribution in [-0.2, 0) is 21.3 Å². The van der Waals surface area contributed by atoms with Gasteiger partial charge in [0.25, 0.3) is 16.0 Å². The molecule has 0 heterocycles. The third-order valence-electron chi connectivity index (χ3n) is 6.31. The lowest BCUT2D eigenvalue weighted by molar-refractivity contribution is -0.120. The van der Waals surface area contributed by atoms with Gasteiger partial charge in [-0.05, 0) is 83.8 Å². The van der Waals surface area contributed by atoms with Crippen molar-refractivity contribution in [3.05, 3.63) is 87.9 Å². The molecule has 40 heavy (non-hydrogen) atoms. The van der Waals surface area contributed by atoms with E-state index in [2.05, 4.69) is 31.4 Å². The molecule has 214 valence electrons. The highest BCUT2D eigenvalue weighted by molar-refractivity contribution is 7.85. The molecule has 3 rings (SSSR count). The van der Waals surface area contributed by atoms with Gasteiger partial charge in [0.15, 0.2) is 0 Å². The van der Waals surface area contributed by atoms with Gasteiger partial charge in [0.2, 0.25) is 5.91 Å². The van der Waals surface area contributed by atoms with Crippen molar-refractivity contribution < 1.29 is 22.6 Å². The number of carbonyl (C=O) groups is 2. The maximum atomic E-state index is 13.4. The standard InChI is InChI=1S/C30H34Cl2N2O5S/c1-30(2,3)13-12-23(16-20-4-6-22(7-5-20)28(35)33-14-15-40(37,38)39)29(36)34-27-10-8-21(9-11-27)24-17-25(31)19-26(32)18-24/h4-11,17-19,23H,12-16H2,1-3H3,(H,33,35)(H,34,36)(H,37,38,39). The third-order valence-corrected chi connectivity index (χ3v) is 7.46. The molecule has 0 spiro atoms. The van der Waals surface area contributed by atoms with Crippen LogP contribution >= 0.6 is 23.2 Å². The number of amides is 2. The molecule has 3 aromatic rings. The number of halogens is 2. The van der Waals surface area contributed by atoms with Crippen LogP contribution in [0, 0.1) is 11.3 Å². The number of carbonyl (C=O) groups excluding carboxylic acids is 2. The minimum Gasteiger partial charge on any atom is -0.351 e. The van der Waals surface area contributed by atoms with Gasteiger partial charge in [0, 0.05) is 33.8 Å². The lowest BCUT2D eigenvalue weighted by Crippen LogP contribution is -2.29. The summed E-state index contributed by atoms with van der Waals surface area (Å²) in [5.41, 5.74) is 3.80. The van der Waals surface area contributed by atoms with Crippen LogP contribution in [0.5, 0.6) is 0 Å². The van der Waals surface area contributed by atoms with Crippen molar-refractivity contribution in [1.82, 2.24) is 5.32 Å². The predicted molar refractivity (Wildman–Crippen MR) is 162 cm³/mol. The quantitative estimate of drug-likeness (QED) is 0.206. The van der Waals surface area contributed by atoms with Gasteiger partial charge < -0.3 is 10.6 Å². The van der Waals surface area contributed by atoms with Gasteiger partial charge in [-0.2, -0.15) is 8.42 Å². The molecule has 0 bridgehead atoms. The number of anilines is 1. The second kappa shape index (κ2) is 13.6. The maximum absolute atomic E-state index is 13.4. The second-order valence-electron chi connectivity index (χ2n) is 11.0. The van der Waals surface area contributed by atoms with E-state index in [4.69, 9.17) is 27.8 Å². The topological polar surface area (TPSA) is 113 Å². The first-order valence-corrected chi connectivity index (χ1v) is 15.2. The number of nitrogens with one attached hydrogen (secondary N) is 2.